The summed E-state index contributed by atoms with van der Waals surface area (Å²) >= 11 is 0. The predicted octanol–water partition coefficient (Wildman–Crippen LogP) is 3.47. The normalized spacial score (nSPS) is 13.0. The summed E-state index contributed by atoms with van der Waals surface area (Å²) in [6, 6.07) is 0. The lowest BCUT2D eigenvalue weighted by Crippen LogP contribution is -2.20. The van der Waals surface area contributed by atoms with Gasteiger partial charge in [0, 0.05) is 5.57 Å². The van der Waals surface area contributed by atoms with Gasteiger partial charge in [0.2, 0.25) is 0 Å². The highest BCUT2D eigenvalue weighted by Crippen LogP contribution is 2.49. The van der Waals surface area contributed by atoms with E-state index in [-0.39, 0.29) is 19.8 Å². The Balaban J connectivity index is 4.33. The average Bonchev–Trinajstić information content (AvgIpc) is 2.41. The van der Waals surface area contributed by atoms with Crippen LogP contribution >= 0.6 is 7.82 Å². The predicted molar refractivity (Wildman–Crippen MR) is 76.4 cm³/mol. The van der Waals surface area contributed by atoms with E-state index in [1.54, 1.807) is 13.8 Å². The lowest BCUT2D eigenvalue weighted by Gasteiger charge is -2.20. The van der Waals surface area contributed by atoms with Gasteiger partial charge in [0.1, 0.15) is 6.10 Å². The van der Waals surface area contributed by atoms with Crippen LogP contribution in [0.15, 0.2) is 12.2 Å². The highest BCUT2D eigenvalue weighted by molar-refractivity contribution is 7.48. The Bertz CT molecular complexity index is 343. The number of esters is 1. The molecule has 20 heavy (non-hydrogen) atoms. The SMILES string of the molecule is C=C(C)C(=O)OC(C)COP(=O)(OCCC)OCCC. The van der Waals surface area contributed by atoms with Gasteiger partial charge >= 0.3 is 13.8 Å². The van der Waals surface area contributed by atoms with Gasteiger partial charge in [-0.3, -0.25) is 13.6 Å². The largest absolute Gasteiger partial charge is 0.474 e. The van der Waals surface area contributed by atoms with Crippen molar-refractivity contribution in [3.8, 4) is 0 Å². The second-order valence-electron chi connectivity index (χ2n) is 4.41. The minimum atomic E-state index is -3.59. The molecule has 0 radical (unpaired) electrons. The summed E-state index contributed by atoms with van der Waals surface area (Å²) in [6.07, 6.45) is 0.828. The van der Waals surface area contributed by atoms with Gasteiger partial charge in [-0.1, -0.05) is 20.4 Å². The molecule has 0 aliphatic rings. The molecule has 1 unspecified atom stereocenters. The van der Waals surface area contributed by atoms with Crippen LogP contribution in [0.3, 0.4) is 0 Å². The molecule has 0 aliphatic carbocycles. The second-order valence-corrected chi connectivity index (χ2v) is 6.07. The Morgan fingerprint density at radius 2 is 1.65 bits per heavy atom. The van der Waals surface area contributed by atoms with Crippen LogP contribution in [-0.2, 0) is 27.7 Å². The van der Waals surface area contributed by atoms with Crippen LogP contribution < -0.4 is 0 Å². The number of hydrogen-bond donors (Lipinski definition) is 0. The average molecular weight is 308 g/mol. The second kappa shape index (κ2) is 10.1. The van der Waals surface area contributed by atoms with Crippen molar-refractivity contribution in [1.29, 1.82) is 0 Å². The molecule has 0 amide bonds. The number of carbonyl (C=O) groups is 1. The number of phosphoric acid groups is 1. The molecular weight excluding hydrogens is 283 g/mol. The molecule has 6 nitrogen and oxygen atoms in total. The Labute approximate surface area is 121 Å². The molecule has 118 valence electrons. The molecule has 0 N–H and O–H groups in total. The van der Waals surface area contributed by atoms with E-state index in [1.165, 1.54) is 0 Å². The summed E-state index contributed by atoms with van der Waals surface area (Å²) in [5.74, 6) is -0.514. The van der Waals surface area contributed by atoms with Gasteiger partial charge < -0.3 is 4.74 Å². The summed E-state index contributed by atoms with van der Waals surface area (Å²) in [5, 5.41) is 0. The van der Waals surface area contributed by atoms with Gasteiger partial charge in [-0.15, -0.1) is 0 Å². The van der Waals surface area contributed by atoms with Gasteiger partial charge in [-0.25, -0.2) is 9.36 Å². The van der Waals surface area contributed by atoms with Crippen LogP contribution in [0, 0.1) is 0 Å². The zero-order valence-electron chi connectivity index (χ0n) is 12.7. The van der Waals surface area contributed by atoms with Gasteiger partial charge in [0.15, 0.2) is 0 Å². The van der Waals surface area contributed by atoms with E-state index in [0.29, 0.717) is 18.4 Å². The highest BCUT2D eigenvalue weighted by Gasteiger charge is 2.27. The fourth-order valence-electron chi connectivity index (χ4n) is 1.03. The molecule has 0 aliphatic heterocycles. The standard InChI is InChI=1S/C13H25O6P/c1-6-8-16-20(15,17-9-7-2)18-10-12(5)19-13(14)11(3)4/h12H,3,6-10H2,1-2,4-5H3. The highest BCUT2D eigenvalue weighted by atomic mass is 31.2. The van der Waals surface area contributed by atoms with Crippen molar-refractivity contribution in [1.82, 2.24) is 0 Å². The summed E-state index contributed by atoms with van der Waals surface area (Å²) < 4.78 is 32.7. The number of ether oxygens (including phenoxy) is 1. The van der Waals surface area contributed by atoms with Crippen molar-refractivity contribution in [2.45, 2.75) is 46.6 Å². The van der Waals surface area contributed by atoms with Gasteiger partial charge in [-0.05, 0) is 26.7 Å². The fourth-order valence-corrected chi connectivity index (χ4v) is 2.46. The number of hydrogen-bond acceptors (Lipinski definition) is 6. The van der Waals surface area contributed by atoms with Gasteiger partial charge in [0.05, 0.1) is 19.8 Å². The van der Waals surface area contributed by atoms with Crippen molar-refractivity contribution in [2.75, 3.05) is 19.8 Å². The lowest BCUT2D eigenvalue weighted by molar-refractivity contribution is -0.145. The third-order valence-corrected chi connectivity index (χ3v) is 3.49. The molecule has 0 aromatic carbocycles. The summed E-state index contributed by atoms with van der Waals surface area (Å²) in [4.78, 5) is 11.3. The van der Waals surface area contributed by atoms with E-state index in [0.717, 1.165) is 0 Å². The maximum atomic E-state index is 12.2. The third-order valence-electron chi connectivity index (χ3n) is 2.03. The first kappa shape index (κ1) is 19.3. The van der Waals surface area contributed by atoms with Crippen LogP contribution in [0.1, 0.15) is 40.5 Å². The molecule has 0 rings (SSSR count). The number of phosphoric ester groups is 1. The zero-order valence-corrected chi connectivity index (χ0v) is 13.6. The molecule has 0 aromatic rings. The first-order valence-electron chi connectivity index (χ1n) is 6.74. The van der Waals surface area contributed by atoms with Crippen LogP contribution in [0.4, 0.5) is 0 Å². The van der Waals surface area contributed by atoms with E-state index in [9.17, 15) is 9.36 Å². The summed E-state index contributed by atoms with van der Waals surface area (Å²) in [5.41, 5.74) is 0.296. The first-order valence-corrected chi connectivity index (χ1v) is 8.20. The molecule has 0 fully saturated rings. The molecule has 0 aromatic heterocycles. The van der Waals surface area contributed by atoms with Crippen LogP contribution in [0.5, 0.6) is 0 Å². The van der Waals surface area contributed by atoms with E-state index in [2.05, 4.69) is 6.58 Å². The Morgan fingerprint density at radius 1 is 1.15 bits per heavy atom. The Morgan fingerprint density at radius 3 is 2.05 bits per heavy atom. The minimum absolute atomic E-state index is 0.0657. The van der Waals surface area contributed by atoms with E-state index in [4.69, 9.17) is 18.3 Å². The maximum Gasteiger partial charge on any atom is 0.474 e. The zero-order chi connectivity index (χ0) is 15.6. The topological polar surface area (TPSA) is 71.1 Å². The summed E-state index contributed by atoms with van der Waals surface area (Å²) in [6.45, 7) is 10.9. The monoisotopic (exact) mass is 308 g/mol. The van der Waals surface area contributed by atoms with Crippen molar-refractivity contribution in [3.05, 3.63) is 12.2 Å². The lowest BCUT2D eigenvalue weighted by atomic mass is 10.3. The molecule has 0 bridgehead atoms. The van der Waals surface area contributed by atoms with E-state index < -0.39 is 19.9 Å². The minimum Gasteiger partial charge on any atom is -0.457 e. The number of carbonyl (C=O) groups excluding carboxylic acids is 1. The smallest absolute Gasteiger partial charge is 0.457 e. The van der Waals surface area contributed by atoms with Gasteiger partial charge in [0.25, 0.3) is 0 Å². The molecule has 0 heterocycles. The third kappa shape index (κ3) is 8.48. The van der Waals surface area contributed by atoms with Crippen molar-refractivity contribution >= 4 is 13.8 Å². The van der Waals surface area contributed by atoms with Crippen LogP contribution in [-0.4, -0.2) is 31.9 Å². The molecule has 0 saturated heterocycles. The van der Waals surface area contributed by atoms with E-state index in [1.807, 2.05) is 13.8 Å². The molecule has 0 saturated carbocycles. The number of rotatable bonds is 11. The molecule has 0 spiro atoms. The Hall–Kier alpha value is -0.680. The van der Waals surface area contributed by atoms with Crippen molar-refractivity contribution < 1.29 is 27.7 Å². The van der Waals surface area contributed by atoms with Crippen molar-refractivity contribution in [2.24, 2.45) is 0 Å². The fraction of sp³-hybridized carbons (Fsp3) is 0.769. The summed E-state index contributed by atoms with van der Waals surface area (Å²) in [7, 11) is -3.59. The van der Waals surface area contributed by atoms with Crippen LogP contribution in [0.25, 0.3) is 0 Å². The molecular formula is C13H25O6P. The first-order chi connectivity index (χ1) is 9.34. The quantitative estimate of drug-likeness (QED) is 0.330. The van der Waals surface area contributed by atoms with E-state index >= 15 is 0 Å². The van der Waals surface area contributed by atoms with Crippen molar-refractivity contribution in [3.63, 3.8) is 0 Å². The van der Waals surface area contributed by atoms with Crippen LogP contribution in [0.2, 0.25) is 0 Å². The maximum absolute atomic E-state index is 12.2. The molecule has 1 atom stereocenters. The Kier molecular flexibility index (Phi) is 9.76. The molecule has 7 heteroatoms. The van der Waals surface area contributed by atoms with Gasteiger partial charge in [-0.2, -0.15) is 0 Å².